The Kier molecular flexibility index (Phi) is 5.06. The van der Waals surface area contributed by atoms with Crippen molar-refractivity contribution in [1.82, 2.24) is 0 Å². The van der Waals surface area contributed by atoms with E-state index < -0.39 is 0 Å². The van der Waals surface area contributed by atoms with Crippen LogP contribution >= 0.6 is 11.3 Å². The number of nitrogens with zero attached hydrogens (tertiary/aromatic N) is 1. The molecule has 1 aromatic carbocycles. The summed E-state index contributed by atoms with van der Waals surface area (Å²) in [6.45, 7) is 1.56. The molecule has 0 spiro atoms. The monoisotopic (exact) mass is 326 g/mol. The molecule has 1 amide bonds. The van der Waals surface area contributed by atoms with E-state index in [1.54, 1.807) is 11.3 Å². The zero-order chi connectivity index (χ0) is 16.1. The van der Waals surface area contributed by atoms with Crippen LogP contribution in [-0.4, -0.2) is 19.0 Å². The van der Waals surface area contributed by atoms with Gasteiger partial charge in [0.25, 0.3) is 5.91 Å². The molecule has 4 nitrogen and oxygen atoms in total. The predicted molar refractivity (Wildman–Crippen MR) is 91.4 cm³/mol. The molecular formula is C18H20N3OS+. The molecule has 5 heteroatoms. The van der Waals surface area contributed by atoms with Crippen molar-refractivity contribution in [3.63, 3.8) is 0 Å². The topological polar surface area (TPSA) is 57.3 Å². The molecule has 23 heavy (non-hydrogen) atoms. The van der Waals surface area contributed by atoms with E-state index in [9.17, 15) is 4.79 Å². The summed E-state index contributed by atoms with van der Waals surface area (Å²) in [5.74, 6) is 0.0523. The number of nitriles is 1. The van der Waals surface area contributed by atoms with Crippen molar-refractivity contribution in [2.75, 3.05) is 18.4 Å². The van der Waals surface area contributed by atoms with Crippen LogP contribution in [0.1, 0.15) is 29.3 Å². The number of amides is 1. The van der Waals surface area contributed by atoms with Crippen LogP contribution in [0, 0.1) is 11.3 Å². The number of quaternary nitrogens is 1. The lowest BCUT2D eigenvalue weighted by molar-refractivity contribution is -0.910. The quantitative estimate of drug-likeness (QED) is 0.885. The number of benzene rings is 1. The highest BCUT2D eigenvalue weighted by Crippen LogP contribution is 2.23. The molecule has 1 aromatic heterocycles. The molecule has 0 bridgehead atoms. The van der Waals surface area contributed by atoms with E-state index in [1.165, 1.54) is 16.2 Å². The molecule has 2 atom stereocenters. The Morgan fingerprint density at radius 2 is 2.17 bits per heavy atom. The van der Waals surface area contributed by atoms with Crippen LogP contribution in [0.4, 0.5) is 5.69 Å². The van der Waals surface area contributed by atoms with Crippen molar-refractivity contribution in [2.45, 2.75) is 25.3 Å². The van der Waals surface area contributed by atoms with Gasteiger partial charge in [0, 0.05) is 18.5 Å². The Morgan fingerprint density at radius 3 is 2.87 bits per heavy atom. The Hall–Kier alpha value is -2.16. The Bertz CT molecular complexity index is 688. The fourth-order valence-electron chi connectivity index (χ4n) is 3.16. The van der Waals surface area contributed by atoms with E-state index in [2.05, 4.69) is 28.9 Å². The zero-order valence-electron chi connectivity index (χ0n) is 12.9. The van der Waals surface area contributed by atoms with E-state index in [0.717, 1.165) is 24.2 Å². The van der Waals surface area contributed by atoms with Crippen LogP contribution in [0.2, 0.25) is 0 Å². The number of rotatable bonds is 5. The number of carbonyl (C=O) groups is 1. The third kappa shape index (κ3) is 3.98. The first kappa shape index (κ1) is 15.7. The van der Waals surface area contributed by atoms with Gasteiger partial charge in [0.1, 0.15) is 6.04 Å². The molecule has 2 heterocycles. The Morgan fingerprint density at radius 1 is 1.35 bits per heavy atom. The largest absolute Gasteiger partial charge is 0.321 e. The lowest BCUT2D eigenvalue weighted by atomic mass is 10.1. The highest BCUT2D eigenvalue weighted by atomic mass is 32.1. The summed E-state index contributed by atoms with van der Waals surface area (Å²) in [4.78, 5) is 15.0. The van der Waals surface area contributed by atoms with E-state index in [1.807, 2.05) is 24.3 Å². The van der Waals surface area contributed by atoms with Gasteiger partial charge < -0.3 is 10.2 Å². The minimum absolute atomic E-state index is 0.0523. The SMILES string of the molecule is N#CCc1ccc(NC(=O)C[NH+]2CCC[C@@H]2c2cccs2)cc1. The van der Waals surface area contributed by atoms with Crippen LogP contribution < -0.4 is 10.2 Å². The minimum Gasteiger partial charge on any atom is -0.321 e. The molecule has 0 radical (unpaired) electrons. The van der Waals surface area contributed by atoms with Crippen LogP contribution in [-0.2, 0) is 11.2 Å². The molecule has 118 valence electrons. The number of thiophene rings is 1. The van der Waals surface area contributed by atoms with Gasteiger partial charge in [-0.2, -0.15) is 5.26 Å². The second-order valence-corrected chi connectivity index (χ2v) is 6.85. The predicted octanol–water partition coefficient (Wildman–Crippen LogP) is 2.17. The number of nitrogens with one attached hydrogen (secondary N) is 2. The lowest BCUT2D eigenvalue weighted by Crippen LogP contribution is -3.11. The van der Waals surface area contributed by atoms with E-state index >= 15 is 0 Å². The average Bonchev–Trinajstić information content (AvgIpc) is 3.20. The standard InChI is InChI=1S/C18H19N3OS/c19-10-9-14-5-7-15(8-6-14)20-18(22)13-21-11-1-3-16(21)17-4-2-12-23-17/h2,4-8,12,16H,1,3,9,11,13H2,(H,20,22)/p+1/t16-/m1/s1. The zero-order valence-corrected chi connectivity index (χ0v) is 13.7. The summed E-state index contributed by atoms with van der Waals surface area (Å²) in [6, 6.07) is 14.3. The molecule has 2 aromatic rings. The van der Waals surface area contributed by atoms with E-state index in [4.69, 9.17) is 5.26 Å². The Labute approximate surface area is 140 Å². The number of carbonyl (C=O) groups excluding carboxylic acids is 1. The molecule has 0 aliphatic carbocycles. The van der Waals surface area contributed by atoms with Gasteiger partial charge >= 0.3 is 0 Å². The molecule has 2 N–H and O–H groups in total. The minimum atomic E-state index is 0.0523. The number of hydrogen-bond donors (Lipinski definition) is 2. The third-order valence-electron chi connectivity index (χ3n) is 4.28. The normalized spacial score (nSPS) is 20.1. The second kappa shape index (κ2) is 7.40. The van der Waals surface area contributed by atoms with Gasteiger partial charge in [-0.25, -0.2) is 0 Å². The second-order valence-electron chi connectivity index (χ2n) is 5.88. The maximum atomic E-state index is 12.3. The molecule has 1 saturated heterocycles. The summed E-state index contributed by atoms with van der Waals surface area (Å²) >= 11 is 1.78. The van der Waals surface area contributed by atoms with Gasteiger partial charge in [-0.05, 0) is 29.1 Å². The van der Waals surface area contributed by atoms with Gasteiger partial charge in [-0.1, -0.05) is 18.2 Å². The van der Waals surface area contributed by atoms with Gasteiger partial charge in [-0.3, -0.25) is 4.79 Å². The van der Waals surface area contributed by atoms with E-state index in [0.29, 0.717) is 19.0 Å². The van der Waals surface area contributed by atoms with Crippen molar-refractivity contribution in [1.29, 1.82) is 5.26 Å². The van der Waals surface area contributed by atoms with E-state index in [-0.39, 0.29) is 5.91 Å². The van der Waals surface area contributed by atoms with Gasteiger partial charge in [0.15, 0.2) is 6.54 Å². The highest BCUT2D eigenvalue weighted by molar-refractivity contribution is 7.10. The smallest absolute Gasteiger partial charge is 0.279 e. The van der Waals surface area contributed by atoms with Crippen LogP contribution in [0.5, 0.6) is 0 Å². The number of anilines is 1. The van der Waals surface area contributed by atoms with Gasteiger partial charge in [0.05, 0.1) is 23.9 Å². The van der Waals surface area contributed by atoms with Crippen molar-refractivity contribution in [3.8, 4) is 6.07 Å². The van der Waals surface area contributed by atoms with Crippen molar-refractivity contribution >= 4 is 22.9 Å². The maximum absolute atomic E-state index is 12.3. The first-order valence-corrected chi connectivity index (χ1v) is 8.78. The molecule has 1 aliphatic rings. The van der Waals surface area contributed by atoms with Crippen molar-refractivity contribution in [3.05, 3.63) is 52.2 Å². The molecule has 0 saturated carbocycles. The molecule has 1 unspecified atom stereocenters. The van der Waals surface area contributed by atoms with Gasteiger partial charge in [0.2, 0.25) is 0 Å². The van der Waals surface area contributed by atoms with Crippen LogP contribution in [0.15, 0.2) is 41.8 Å². The summed E-state index contributed by atoms with van der Waals surface area (Å²) in [7, 11) is 0. The summed E-state index contributed by atoms with van der Waals surface area (Å²) in [5, 5.41) is 13.7. The first-order valence-electron chi connectivity index (χ1n) is 7.90. The van der Waals surface area contributed by atoms with Crippen LogP contribution in [0.25, 0.3) is 0 Å². The molecular weight excluding hydrogens is 306 g/mol. The fraction of sp³-hybridized carbons (Fsp3) is 0.333. The van der Waals surface area contributed by atoms with Crippen molar-refractivity contribution in [2.24, 2.45) is 0 Å². The first-order chi connectivity index (χ1) is 11.3. The summed E-state index contributed by atoms with van der Waals surface area (Å²) < 4.78 is 0. The maximum Gasteiger partial charge on any atom is 0.279 e. The van der Waals surface area contributed by atoms with Crippen molar-refractivity contribution < 1.29 is 9.69 Å². The average molecular weight is 326 g/mol. The summed E-state index contributed by atoms with van der Waals surface area (Å²) in [6.07, 6.45) is 2.73. The summed E-state index contributed by atoms with van der Waals surface area (Å²) in [5.41, 5.74) is 1.76. The highest BCUT2D eigenvalue weighted by Gasteiger charge is 2.32. The lowest BCUT2D eigenvalue weighted by Gasteiger charge is -2.20. The number of hydrogen-bond acceptors (Lipinski definition) is 3. The molecule has 1 aliphatic heterocycles. The van der Waals surface area contributed by atoms with Crippen LogP contribution in [0.3, 0.4) is 0 Å². The number of likely N-dealkylation sites (tertiary alicyclic amines) is 1. The Balaban J connectivity index is 1.57. The molecule has 3 rings (SSSR count). The fourth-order valence-corrected chi connectivity index (χ4v) is 4.08. The molecule has 1 fully saturated rings. The third-order valence-corrected chi connectivity index (χ3v) is 5.26. The van der Waals surface area contributed by atoms with Gasteiger partial charge in [-0.15, -0.1) is 11.3 Å².